The van der Waals surface area contributed by atoms with Crippen molar-refractivity contribution in [2.45, 2.75) is 19.9 Å². The lowest BCUT2D eigenvalue weighted by atomic mass is 10.4. The maximum absolute atomic E-state index is 8.72. The van der Waals surface area contributed by atoms with Crippen molar-refractivity contribution in [3.63, 3.8) is 0 Å². The van der Waals surface area contributed by atoms with E-state index in [1.807, 2.05) is 13.8 Å². The lowest BCUT2D eigenvalue weighted by Gasteiger charge is -2.29. The molecule has 3 nitrogen and oxygen atoms in total. The molecule has 0 aliphatic heterocycles. The summed E-state index contributed by atoms with van der Waals surface area (Å²) in [5.74, 6) is 0. The Balaban J connectivity index is 3.39. The van der Waals surface area contributed by atoms with Crippen LogP contribution in [-0.4, -0.2) is 21.4 Å². The van der Waals surface area contributed by atoms with Gasteiger partial charge in [0, 0.05) is 12.3 Å². The number of nitrogens with one attached hydrogen (secondary N) is 1. The van der Waals surface area contributed by atoms with Crippen LogP contribution in [0.25, 0.3) is 0 Å². The fraction of sp³-hybridized carbons (Fsp3) is 1.00. The lowest BCUT2D eigenvalue weighted by molar-refractivity contribution is 0.469. The molecule has 0 aromatic carbocycles. The molecule has 0 heterocycles. The number of hydrogen-bond donors (Lipinski definition) is 3. The molecular formula is C4H13NO2S. The monoisotopic (exact) mass is 139 g/mol. The highest BCUT2D eigenvalue weighted by atomic mass is 32.3. The van der Waals surface area contributed by atoms with Crippen LogP contribution in [0.1, 0.15) is 13.8 Å². The largest absolute Gasteiger partial charge is 0.286 e. The molecule has 3 N–H and O–H groups in total. The van der Waals surface area contributed by atoms with Gasteiger partial charge >= 0.3 is 0 Å². The van der Waals surface area contributed by atoms with E-state index in [1.54, 1.807) is 0 Å². The maximum atomic E-state index is 8.72. The highest BCUT2D eigenvalue weighted by molar-refractivity contribution is 8.22. The minimum Gasteiger partial charge on any atom is -0.286 e. The Kier molecular flexibility index (Phi) is 2.76. The molecule has 0 atom stereocenters. The van der Waals surface area contributed by atoms with Crippen molar-refractivity contribution < 1.29 is 9.11 Å². The Morgan fingerprint density at radius 1 is 1.38 bits per heavy atom. The van der Waals surface area contributed by atoms with E-state index in [2.05, 4.69) is 4.72 Å². The van der Waals surface area contributed by atoms with E-state index in [1.165, 1.54) is 6.26 Å². The summed E-state index contributed by atoms with van der Waals surface area (Å²) < 4.78 is 20.0. The fourth-order valence-electron chi connectivity index (χ4n) is 0.447. The molecule has 0 saturated carbocycles. The maximum Gasteiger partial charge on any atom is 0.0416 e. The molecule has 0 amide bonds. The Hall–Kier alpha value is 0.230. The lowest BCUT2D eigenvalue weighted by Crippen LogP contribution is -2.25. The third-order valence-corrected chi connectivity index (χ3v) is 1.38. The summed E-state index contributed by atoms with van der Waals surface area (Å²) in [5.41, 5.74) is 0. The van der Waals surface area contributed by atoms with Crippen molar-refractivity contribution in [1.82, 2.24) is 4.72 Å². The Morgan fingerprint density at radius 3 is 1.75 bits per heavy atom. The minimum absolute atomic E-state index is 0.130. The van der Waals surface area contributed by atoms with Crippen LogP contribution in [0.15, 0.2) is 0 Å². The summed E-state index contributed by atoms with van der Waals surface area (Å²) in [7, 11) is -2.47. The van der Waals surface area contributed by atoms with Gasteiger partial charge in [0.15, 0.2) is 0 Å². The predicted molar refractivity (Wildman–Crippen MR) is 37.0 cm³/mol. The summed E-state index contributed by atoms with van der Waals surface area (Å²) in [5, 5.41) is 0. The van der Waals surface area contributed by atoms with Crippen molar-refractivity contribution >= 4 is 10.8 Å². The molecule has 0 rings (SSSR count). The van der Waals surface area contributed by atoms with Gasteiger partial charge < -0.3 is 0 Å². The molecule has 0 aromatic rings. The molecular weight excluding hydrogens is 126 g/mol. The molecule has 0 fully saturated rings. The quantitative estimate of drug-likeness (QED) is 0.540. The molecule has 0 radical (unpaired) electrons. The smallest absolute Gasteiger partial charge is 0.0416 e. The van der Waals surface area contributed by atoms with Gasteiger partial charge in [-0.15, -0.1) is 10.8 Å². The number of rotatable bonds is 2. The standard InChI is InChI=1S/C4H13NO2S/c1-4(2)5-8(3,6)7/h4-7H,1-3H3. The summed E-state index contributed by atoms with van der Waals surface area (Å²) >= 11 is 0. The van der Waals surface area contributed by atoms with Crippen LogP contribution in [0.3, 0.4) is 0 Å². The van der Waals surface area contributed by atoms with Crippen LogP contribution < -0.4 is 4.72 Å². The highest BCUT2D eigenvalue weighted by Gasteiger charge is 2.02. The van der Waals surface area contributed by atoms with Crippen molar-refractivity contribution in [2.24, 2.45) is 0 Å². The SMILES string of the molecule is CC(C)NS(C)(O)O. The second-order valence-electron chi connectivity index (χ2n) is 2.11. The third-order valence-electron chi connectivity index (χ3n) is 0.459. The molecule has 0 aliphatic rings. The van der Waals surface area contributed by atoms with Gasteiger partial charge in [-0.1, -0.05) is 0 Å². The fourth-order valence-corrected chi connectivity index (χ4v) is 1.34. The van der Waals surface area contributed by atoms with E-state index in [4.69, 9.17) is 9.11 Å². The molecule has 0 saturated heterocycles. The topological polar surface area (TPSA) is 52.5 Å². The Bertz CT molecular complexity index is 68.9. The van der Waals surface area contributed by atoms with Gasteiger partial charge in [0.25, 0.3) is 0 Å². The first kappa shape index (κ1) is 8.23. The van der Waals surface area contributed by atoms with E-state index < -0.39 is 10.8 Å². The summed E-state index contributed by atoms with van der Waals surface area (Å²) in [6.07, 6.45) is 1.37. The van der Waals surface area contributed by atoms with E-state index in [-0.39, 0.29) is 6.04 Å². The first-order valence-electron chi connectivity index (χ1n) is 2.42. The second kappa shape index (κ2) is 2.68. The molecule has 0 unspecified atom stereocenters. The summed E-state index contributed by atoms with van der Waals surface area (Å²) in [6.45, 7) is 3.72. The normalized spacial score (nSPS) is 14.8. The minimum atomic E-state index is -2.47. The predicted octanol–water partition coefficient (Wildman–Crippen LogP) is 1.28. The van der Waals surface area contributed by atoms with E-state index in [0.29, 0.717) is 0 Å². The van der Waals surface area contributed by atoms with Gasteiger partial charge in [-0.25, -0.2) is 4.72 Å². The van der Waals surface area contributed by atoms with Gasteiger partial charge in [0.1, 0.15) is 0 Å². The summed E-state index contributed by atoms with van der Waals surface area (Å²) in [6, 6.07) is 0.130. The van der Waals surface area contributed by atoms with Crippen molar-refractivity contribution in [3.8, 4) is 0 Å². The Labute approximate surface area is 51.6 Å². The zero-order valence-electron chi connectivity index (χ0n) is 5.38. The van der Waals surface area contributed by atoms with Crippen molar-refractivity contribution in [1.29, 1.82) is 0 Å². The van der Waals surface area contributed by atoms with Crippen LogP contribution in [0.2, 0.25) is 0 Å². The number of hydrogen-bond acceptors (Lipinski definition) is 3. The van der Waals surface area contributed by atoms with Crippen molar-refractivity contribution in [3.05, 3.63) is 0 Å². The first-order valence-corrected chi connectivity index (χ1v) is 4.38. The molecule has 0 aromatic heterocycles. The molecule has 0 aliphatic carbocycles. The van der Waals surface area contributed by atoms with Crippen LogP contribution in [-0.2, 0) is 0 Å². The Morgan fingerprint density at radius 2 is 1.75 bits per heavy atom. The van der Waals surface area contributed by atoms with Crippen LogP contribution in [0.4, 0.5) is 0 Å². The third kappa shape index (κ3) is 6.23. The van der Waals surface area contributed by atoms with Gasteiger partial charge in [-0.2, -0.15) is 0 Å². The van der Waals surface area contributed by atoms with Crippen LogP contribution in [0, 0.1) is 0 Å². The first-order chi connectivity index (χ1) is 3.42. The molecule has 52 valence electrons. The van der Waals surface area contributed by atoms with Crippen LogP contribution in [0.5, 0.6) is 0 Å². The average Bonchev–Trinajstić information content (AvgIpc) is 1.21. The van der Waals surface area contributed by atoms with E-state index in [0.717, 1.165) is 0 Å². The molecule has 4 heteroatoms. The zero-order chi connectivity index (χ0) is 6.78. The van der Waals surface area contributed by atoms with E-state index >= 15 is 0 Å². The average molecular weight is 139 g/mol. The second-order valence-corrected chi connectivity index (χ2v) is 4.01. The van der Waals surface area contributed by atoms with Gasteiger partial charge in [-0.3, -0.25) is 9.11 Å². The van der Waals surface area contributed by atoms with Gasteiger partial charge in [-0.05, 0) is 13.8 Å². The van der Waals surface area contributed by atoms with Gasteiger partial charge in [0.2, 0.25) is 0 Å². The molecule has 0 spiro atoms. The zero-order valence-corrected chi connectivity index (χ0v) is 6.20. The molecule has 8 heavy (non-hydrogen) atoms. The molecule has 0 bridgehead atoms. The summed E-state index contributed by atoms with van der Waals surface area (Å²) in [4.78, 5) is 0. The highest BCUT2D eigenvalue weighted by Crippen LogP contribution is 2.27. The van der Waals surface area contributed by atoms with Crippen molar-refractivity contribution in [2.75, 3.05) is 6.26 Å². The van der Waals surface area contributed by atoms with E-state index in [9.17, 15) is 0 Å². The van der Waals surface area contributed by atoms with Crippen LogP contribution >= 0.6 is 10.8 Å². The van der Waals surface area contributed by atoms with Gasteiger partial charge in [0.05, 0.1) is 0 Å².